The van der Waals surface area contributed by atoms with Gasteiger partial charge in [-0.25, -0.2) is 9.59 Å². The Morgan fingerprint density at radius 2 is 2.08 bits per heavy atom. The molecule has 0 aliphatic carbocycles. The predicted molar refractivity (Wildman–Crippen MR) is 94.0 cm³/mol. The predicted octanol–water partition coefficient (Wildman–Crippen LogP) is 1.18. The Morgan fingerprint density at radius 1 is 1.35 bits per heavy atom. The van der Waals surface area contributed by atoms with Crippen LogP contribution in [0.3, 0.4) is 0 Å². The average Bonchev–Trinajstić information content (AvgIpc) is 2.86. The zero-order chi connectivity index (χ0) is 19.3. The first kappa shape index (κ1) is 20.3. The molecule has 0 aromatic carbocycles. The molecule has 2 unspecified atom stereocenters. The van der Waals surface area contributed by atoms with Crippen LogP contribution in [0, 0.1) is 0 Å². The SMILES string of the molecule is CCCCCOC(=O)Nc1nc(=O)n([C@@H]2O[C@H](C)C(O)C2O)cc1CC. The van der Waals surface area contributed by atoms with E-state index in [9.17, 15) is 19.8 Å². The van der Waals surface area contributed by atoms with Gasteiger partial charge in [0.05, 0.1) is 12.7 Å². The Hall–Kier alpha value is -1.97. The Labute approximate surface area is 152 Å². The molecule has 9 heteroatoms. The van der Waals surface area contributed by atoms with Gasteiger partial charge < -0.3 is 19.7 Å². The summed E-state index contributed by atoms with van der Waals surface area (Å²) in [5.74, 6) is 0.121. The molecule has 1 fully saturated rings. The highest BCUT2D eigenvalue weighted by Gasteiger charge is 2.42. The lowest BCUT2D eigenvalue weighted by atomic mass is 10.1. The van der Waals surface area contributed by atoms with Crippen molar-refractivity contribution in [2.24, 2.45) is 0 Å². The van der Waals surface area contributed by atoms with Crippen molar-refractivity contribution in [3.05, 3.63) is 22.2 Å². The van der Waals surface area contributed by atoms with Crippen molar-refractivity contribution in [2.45, 2.75) is 71.0 Å². The third-order valence-electron chi connectivity index (χ3n) is 4.36. The summed E-state index contributed by atoms with van der Waals surface area (Å²) in [4.78, 5) is 28.1. The quantitative estimate of drug-likeness (QED) is 0.617. The fraction of sp³-hybridized carbons (Fsp3) is 0.706. The van der Waals surface area contributed by atoms with Gasteiger partial charge in [-0.1, -0.05) is 26.7 Å². The Bertz CT molecular complexity index is 677. The second kappa shape index (κ2) is 9.11. The summed E-state index contributed by atoms with van der Waals surface area (Å²) < 4.78 is 11.7. The number of carbonyl (C=O) groups is 1. The Balaban J connectivity index is 2.14. The van der Waals surface area contributed by atoms with Gasteiger partial charge in [-0.15, -0.1) is 0 Å². The number of aliphatic hydroxyl groups is 2. The summed E-state index contributed by atoms with van der Waals surface area (Å²) in [5, 5.41) is 22.4. The van der Waals surface area contributed by atoms with Gasteiger partial charge in [0.2, 0.25) is 0 Å². The van der Waals surface area contributed by atoms with Gasteiger partial charge in [-0.3, -0.25) is 9.88 Å². The number of ether oxygens (including phenoxy) is 2. The first-order valence-electron chi connectivity index (χ1n) is 8.96. The molecule has 1 amide bonds. The van der Waals surface area contributed by atoms with E-state index in [1.807, 2.05) is 6.92 Å². The molecule has 0 spiro atoms. The third-order valence-corrected chi connectivity index (χ3v) is 4.36. The van der Waals surface area contributed by atoms with Gasteiger partial charge in [-0.2, -0.15) is 4.98 Å². The van der Waals surface area contributed by atoms with Crippen LogP contribution in [0.2, 0.25) is 0 Å². The van der Waals surface area contributed by atoms with E-state index in [1.54, 1.807) is 6.92 Å². The number of carbonyl (C=O) groups excluding carboxylic acids is 1. The van der Waals surface area contributed by atoms with Crippen molar-refractivity contribution < 1.29 is 24.5 Å². The molecule has 2 rings (SSSR count). The maximum atomic E-state index is 12.3. The number of aryl methyl sites for hydroxylation is 1. The zero-order valence-corrected chi connectivity index (χ0v) is 15.3. The molecule has 9 nitrogen and oxygen atoms in total. The van der Waals surface area contributed by atoms with E-state index in [0.29, 0.717) is 18.6 Å². The van der Waals surface area contributed by atoms with Gasteiger partial charge in [0.25, 0.3) is 0 Å². The molecular formula is C17H27N3O6. The second-order valence-electron chi connectivity index (χ2n) is 6.34. The van der Waals surface area contributed by atoms with Gasteiger partial charge in [0, 0.05) is 11.8 Å². The normalized spacial score (nSPS) is 25.3. The largest absolute Gasteiger partial charge is 0.449 e. The molecule has 4 atom stereocenters. The molecule has 3 N–H and O–H groups in total. The van der Waals surface area contributed by atoms with Gasteiger partial charge >= 0.3 is 11.8 Å². The second-order valence-corrected chi connectivity index (χ2v) is 6.34. The summed E-state index contributed by atoms with van der Waals surface area (Å²) in [7, 11) is 0. The minimum Gasteiger partial charge on any atom is -0.449 e. The highest BCUT2D eigenvalue weighted by Crippen LogP contribution is 2.28. The minimum atomic E-state index is -1.24. The van der Waals surface area contributed by atoms with Gasteiger partial charge in [0.1, 0.15) is 18.0 Å². The van der Waals surface area contributed by atoms with Crippen LogP contribution >= 0.6 is 0 Å². The van der Waals surface area contributed by atoms with Gasteiger partial charge in [-0.05, 0) is 19.8 Å². The lowest BCUT2D eigenvalue weighted by Crippen LogP contribution is -2.36. The van der Waals surface area contributed by atoms with E-state index in [-0.39, 0.29) is 5.82 Å². The Kier molecular flexibility index (Phi) is 7.13. The van der Waals surface area contributed by atoms with Crippen LogP contribution in [0.1, 0.15) is 51.8 Å². The molecular weight excluding hydrogens is 342 g/mol. The first-order valence-corrected chi connectivity index (χ1v) is 8.96. The third kappa shape index (κ3) is 4.60. The molecule has 0 saturated carbocycles. The number of amides is 1. The van der Waals surface area contributed by atoms with E-state index in [2.05, 4.69) is 17.2 Å². The van der Waals surface area contributed by atoms with E-state index < -0.39 is 36.3 Å². The topological polar surface area (TPSA) is 123 Å². The number of hydrogen-bond acceptors (Lipinski definition) is 7. The summed E-state index contributed by atoms with van der Waals surface area (Å²) in [5.41, 5.74) is -0.117. The van der Waals surface area contributed by atoms with Crippen LogP contribution in [0.25, 0.3) is 0 Å². The van der Waals surface area contributed by atoms with Crippen molar-refractivity contribution in [3.63, 3.8) is 0 Å². The molecule has 0 bridgehead atoms. The zero-order valence-electron chi connectivity index (χ0n) is 15.3. The number of aromatic nitrogens is 2. The van der Waals surface area contributed by atoms with E-state index in [4.69, 9.17) is 9.47 Å². The molecule has 26 heavy (non-hydrogen) atoms. The highest BCUT2D eigenvalue weighted by atomic mass is 16.6. The van der Waals surface area contributed by atoms with E-state index >= 15 is 0 Å². The lowest BCUT2D eigenvalue weighted by Gasteiger charge is -2.19. The maximum absolute atomic E-state index is 12.3. The summed E-state index contributed by atoms with van der Waals surface area (Å²) in [6.45, 7) is 5.80. The molecule has 1 aromatic heterocycles. The van der Waals surface area contributed by atoms with Crippen LogP contribution in [0.15, 0.2) is 11.0 Å². The Morgan fingerprint density at radius 3 is 2.65 bits per heavy atom. The van der Waals surface area contributed by atoms with Crippen LogP contribution < -0.4 is 11.0 Å². The monoisotopic (exact) mass is 369 g/mol. The van der Waals surface area contributed by atoms with Crippen molar-refractivity contribution >= 4 is 11.9 Å². The number of aliphatic hydroxyl groups excluding tert-OH is 2. The molecule has 2 heterocycles. The van der Waals surface area contributed by atoms with Gasteiger partial charge in [0.15, 0.2) is 6.23 Å². The van der Waals surface area contributed by atoms with Crippen LogP contribution in [0.5, 0.6) is 0 Å². The van der Waals surface area contributed by atoms with Crippen LogP contribution in [-0.2, 0) is 15.9 Å². The molecule has 1 saturated heterocycles. The highest BCUT2D eigenvalue weighted by molar-refractivity contribution is 5.84. The van der Waals surface area contributed by atoms with Crippen molar-refractivity contribution in [1.82, 2.24) is 9.55 Å². The number of rotatable bonds is 7. The summed E-state index contributed by atoms with van der Waals surface area (Å²) in [6, 6.07) is 0. The number of nitrogens with one attached hydrogen (secondary N) is 1. The number of unbranched alkanes of at least 4 members (excludes halogenated alkanes) is 2. The van der Waals surface area contributed by atoms with E-state index in [1.165, 1.54) is 6.20 Å². The fourth-order valence-electron chi connectivity index (χ4n) is 2.77. The van der Waals surface area contributed by atoms with Crippen molar-refractivity contribution in [2.75, 3.05) is 11.9 Å². The fourth-order valence-corrected chi connectivity index (χ4v) is 2.77. The molecule has 1 aliphatic heterocycles. The molecule has 1 aromatic rings. The molecule has 1 aliphatic rings. The van der Waals surface area contributed by atoms with Crippen molar-refractivity contribution in [1.29, 1.82) is 0 Å². The minimum absolute atomic E-state index is 0.121. The average molecular weight is 369 g/mol. The standard InChI is InChI=1S/C17H27N3O6/c1-4-6-7-8-25-17(24)19-14-11(5-2)9-20(16(23)18-14)15-13(22)12(21)10(3)26-15/h9-10,12-13,15,21-22H,4-8H2,1-3H3,(H,18,19,23,24)/t10-,12?,13?,15-/m1/s1. The summed E-state index contributed by atoms with van der Waals surface area (Å²) >= 11 is 0. The van der Waals surface area contributed by atoms with Crippen molar-refractivity contribution in [3.8, 4) is 0 Å². The van der Waals surface area contributed by atoms with Crippen LogP contribution in [-0.4, -0.2) is 50.8 Å². The number of nitrogens with zero attached hydrogens (tertiary/aromatic N) is 2. The first-order chi connectivity index (χ1) is 12.4. The number of anilines is 1. The lowest BCUT2D eigenvalue weighted by molar-refractivity contribution is -0.0351. The molecule has 146 valence electrons. The number of hydrogen-bond donors (Lipinski definition) is 3. The summed E-state index contributed by atoms with van der Waals surface area (Å²) in [6.07, 6.45) is 0.0922. The maximum Gasteiger partial charge on any atom is 0.412 e. The van der Waals surface area contributed by atoms with Crippen LogP contribution in [0.4, 0.5) is 10.6 Å². The smallest absolute Gasteiger partial charge is 0.412 e. The molecule has 0 radical (unpaired) electrons. The van der Waals surface area contributed by atoms with E-state index in [0.717, 1.165) is 23.8 Å².